The van der Waals surface area contributed by atoms with Gasteiger partial charge in [0.2, 0.25) is 0 Å². The minimum atomic E-state index is -0.214. The van der Waals surface area contributed by atoms with Crippen LogP contribution in [0.15, 0.2) is 60.9 Å². The maximum atomic E-state index is 12.3. The number of aryl methyl sites for hydroxylation is 1. The predicted octanol–water partition coefficient (Wildman–Crippen LogP) is 4.62. The molecule has 0 unspecified atom stereocenters. The van der Waals surface area contributed by atoms with E-state index in [9.17, 15) is 4.79 Å². The van der Waals surface area contributed by atoms with Crippen molar-refractivity contribution in [3.8, 4) is 0 Å². The fourth-order valence-electron chi connectivity index (χ4n) is 3.04. The molecule has 144 valence electrons. The zero-order valence-electron chi connectivity index (χ0n) is 16.6. The Morgan fingerprint density at radius 2 is 1.79 bits per heavy atom. The molecule has 5 heteroatoms. The minimum Gasteiger partial charge on any atom is -0.350 e. The molecule has 0 fully saturated rings. The van der Waals surface area contributed by atoms with Crippen LogP contribution >= 0.6 is 0 Å². The minimum absolute atomic E-state index is 0.214. The molecular weight excluding hydrogens is 348 g/mol. The molecule has 0 aliphatic carbocycles. The predicted molar refractivity (Wildman–Crippen MR) is 113 cm³/mol. The van der Waals surface area contributed by atoms with Crippen LogP contribution in [0.2, 0.25) is 0 Å². The Kier molecular flexibility index (Phi) is 6.37. The van der Waals surface area contributed by atoms with Gasteiger partial charge >= 0.3 is 0 Å². The second-order valence-electron chi connectivity index (χ2n) is 7.10. The number of hydrogen-bond acceptors (Lipinski definition) is 4. The highest BCUT2D eigenvalue weighted by molar-refractivity contribution is 5.92. The van der Waals surface area contributed by atoms with Crippen molar-refractivity contribution < 1.29 is 4.79 Å². The lowest BCUT2D eigenvalue weighted by Crippen LogP contribution is -2.26. The number of amides is 1. The van der Waals surface area contributed by atoms with E-state index in [2.05, 4.69) is 59.6 Å². The van der Waals surface area contributed by atoms with E-state index in [-0.39, 0.29) is 5.91 Å². The van der Waals surface area contributed by atoms with E-state index in [4.69, 9.17) is 0 Å². The van der Waals surface area contributed by atoms with Crippen molar-refractivity contribution in [3.63, 3.8) is 0 Å². The highest BCUT2D eigenvalue weighted by atomic mass is 16.1. The van der Waals surface area contributed by atoms with Gasteiger partial charge in [-0.1, -0.05) is 62.4 Å². The molecule has 0 radical (unpaired) electrons. The van der Waals surface area contributed by atoms with Crippen molar-refractivity contribution in [2.45, 2.75) is 33.1 Å². The van der Waals surface area contributed by atoms with Crippen molar-refractivity contribution in [2.75, 3.05) is 11.9 Å². The van der Waals surface area contributed by atoms with E-state index in [0.717, 1.165) is 17.7 Å². The summed E-state index contributed by atoms with van der Waals surface area (Å²) in [5, 5.41) is 6.24. The first kappa shape index (κ1) is 19.5. The quantitative estimate of drug-likeness (QED) is 0.633. The lowest BCUT2D eigenvalue weighted by molar-refractivity contribution is 0.0949. The highest BCUT2D eigenvalue weighted by Gasteiger charge is 2.11. The second-order valence-corrected chi connectivity index (χ2v) is 7.10. The van der Waals surface area contributed by atoms with E-state index < -0.39 is 0 Å². The molecule has 0 aliphatic rings. The third-order valence-corrected chi connectivity index (χ3v) is 4.61. The zero-order chi connectivity index (χ0) is 19.9. The van der Waals surface area contributed by atoms with Gasteiger partial charge in [0.05, 0.1) is 12.4 Å². The van der Waals surface area contributed by atoms with Crippen molar-refractivity contribution in [2.24, 2.45) is 0 Å². The summed E-state index contributed by atoms with van der Waals surface area (Å²) < 4.78 is 0. The van der Waals surface area contributed by atoms with Crippen LogP contribution in [0.5, 0.6) is 0 Å². The van der Waals surface area contributed by atoms with Crippen LogP contribution < -0.4 is 10.6 Å². The Bertz CT molecular complexity index is 921. The molecule has 0 saturated carbocycles. The highest BCUT2D eigenvalue weighted by Crippen LogP contribution is 2.29. The summed E-state index contributed by atoms with van der Waals surface area (Å²) in [6.07, 6.45) is 3.89. The van der Waals surface area contributed by atoms with E-state index in [1.54, 1.807) is 6.20 Å². The average Bonchev–Trinajstić information content (AvgIpc) is 2.70. The first-order valence-electron chi connectivity index (χ1n) is 9.55. The zero-order valence-corrected chi connectivity index (χ0v) is 16.6. The maximum absolute atomic E-state index is 12.3. The van der Waals surface area contributed by atoms with Gasteiger partial charge < -0.3 is 10.6 Å². The van der Waals surface area contributed by atoms with E-state index in [0.29, 0.717) is 24.0 Å². The summed E-state index contributed by atoms with van der Waals surface area (Å²) in [5.41, 5.74) is 4.92. The molecule has 0 aliphatic heterocycles. The molecule has 1 amide bonds. The molecule has 0 spiro atoms. The molecular formula is C23H26N4O. The van der Waals surface area contributed by atoms with Crippen LogP contribution in [-0.2, 0) is 6.42 Å². The topological polar surface area (TPSA) is 66.9 Å². The number of benzene rings is 2. The van der Waals surface area contributed by atoms with Crippen molar-refractivity contribution in [3.05, 3.63) is 83.3 Å². The number of rotatable bonds is 7. The summed E-state index contributed by atoms with van der Waals surface area (Å²) >= 11 is 0. The fourth-order valence-corrected chi connectivity index (χ4v) is 3.04. The van der Waals surface area contributed by atoms with Crippen molar-refractivity contribution in [1.29, 1.82) is 0 Å². The number of nitrogens with zero attached hydrogens (tertiary/aromatic N) is 2. The van der Waals surface area contributed by atoms with E-state index in [1.165, 1.54) is 17.3 Å². The molecule has 5 nitrogen and oxygen atoms in total. The number of anilines is 2. The number of hydrogen-bond donors (Lipinski definition) is 2. The largest absolute Gasteiger partial charge is 0.350 e. The van der Waals surface area contributed by atoms with Gasteiger partial charge in [0.15, 0.2) is 0 Å². The molecule has 3 rings (SSSR count). The molecule has 28 heavy (non-hydrogen) atoms. The maximum Gasteiger partial charge on any atom is 0.271 e. The fraction of sp³-hybridized carbons (Fsp3) is 0.261. The Morgan fingerprint density at radius 3 is 2.46 bits per heavy atom. The molecule has 1 aromatic heterocycles. The number of aromatic nitrogens is 2. The lowest BCUT2D eigenvalue weighted by Gasteiger charge is -2.16. The Morgan fingerprint density at radius 1 is 1.00 bits per heavy atom. The number of nitrogens with one attached hydrogen (secondary N) is 2. The van der Waals surface area contributed by atoms with Crippen molar-refractivity contribution in [1.82, 2.24) is 15.3 Å². The standard InChI is InChI=1S/C23H26N4O/c1-16(2)19-11-7-8-17(3)22(19)27-21-15-25-20(14-26-21)23(28)24-13-12-18-9-5-4-6-10-18/h4-11,14-16H,12-13H2,1-3H3,(H,24,28)(H,26,27). The molecule has 0 atom stereocenters. The van der Waals surface area contributed by atoms with Gasteiger partial charge in [0, 0.05) is 12.2 Å². The van der Waals surface area contributed by atoms with Crippen LogP contribution in [0, 0.1) is 6.92 Å². The Hall–Kier alpha value is -3.21. The smallest absolute Gasteiger partial charge is 0.271 e. The molecule has 3 aromatic rings. The Balaban J connectivity index is 1.61. The normalized spacial score (nSPS) is 10.7. The monoisotopic (exact) mass is 374 g/mol. The van der Waals surface area contributed by atoms with Crippen LogP contribution in [0.3, 0.4) is 0 Å². The van der Waals surface area contributed by atoms with Gasteiger partial charge in [-0.3, -0.25) is 4.79 Å². The summed E-state index contributed by atoms with van der Waals surface area (Å²) in [7, 11) is 0. The summed E-state index contributed by atoms with van der Waals surface area (Å²) in [6, 6.07) is 16.3. The van der Waals surface area contributed by atoms with Crippen molar-refractivity contribution >= 4 is 17.4 Å². The van der Waals surface area contributed by atoms with Gasteiger partial charge in [0.1, 0.15) is 11.5 Å². The van der Waals surface area contributed by atoms with Crippen LogP contribution in [-0.4, -0.2) is 22.4 Å². The summed E-state index contributed by atoms with van der Waals surface area (Å²) in [5.74, 6) is 0.802. The summed E-state index contributed by atoms with van der Waals surface area (Å²) in [6.45, 7) is 6.95. The first-order valence-corrected chi connectivity index (χ1v) is 9.55. The van der Waals surface area contributed by atoms with Crippen LogP contribution in [0.25, 0.3) is 0 Å². The van der Waals surface area contributed by atoms with Gasteiger partial charge in [-0.15, -0.1) is 0 Å². The van der Waals surface area contributed by atoms with Gasteiger partial charge in [-0.05, 0) is 36.0 Å². The van der Waals surface area contributed by atoms with Gasteiger partial charge in [0.25, 0.3) is 5.91 Å². The molecule has 1 heterocycles. The van der Waals surface area contributed by atoms with E-state index >= 15 is 0 Å². The SMILES string of the molecule is Cc1cccc(C(C)C)c1Nc1cnc(C(=O)NCCc2ccccc2)cn1. The molecule has 0 bridgehead atoms. The number of carbonyl (C=O) groups excluding carboxylic acids is 1. The first-order chi connectivity index (χ1) is 13.5. The average molecular weight is 374 g/mol. The third-order valence-electron chi connectivity index (χ3n) is 4.61. The molecule has 0 saturated heterocycles. The van der Waals surface area contributed by atoms with E-state index in [1.807, 2.05) is 30.3 Å². The van der Waals surface area contributed by atoms with Crippen LogP contribution in [0.4, 0.5) is 11.5 Å². The number of carbonyl (C=O) groups is 1. The molecule has 2 aromatic carbocycles. The second kappa shape index (κ2) is 9.13. The number of para-hydroxylation sites is 1. The Labute approximate surface area is 166 Å². The van der Waals surface area contributed by atoms with Gasteiger partial charge in [-0.25, -0.2) is 9.97 Å². The lowest BCUT2D eigenvalue weighted by atomic mass is 9.98. The van der Waals surface area contributed by atoms with Gasteiger partial charge in [-0.2, -0.15) is 0 Å². The third kappa shape index (κ3) is 4.94. The van der Waals surface area contributed by atoms with Crippen LogP contribution in [0.1, 0.15) is 46.9 Å². The molecule has 2 N–H and O–H groups in total. The summed E-state index contributed by atoms with van der Waals surface area (Å²) in [4.78, 5) is 20.9.